The normalized spacial score (nSPS) is 47.4. The highest BCUT2D eigenvalue weighted by Gasteiger charge is 2.81. The minimum Gasteiger partial charge on any atom is -0.493 e. The molecule has 0 N–H and O–H groups in total. The standard InChI is InChI=1S/C35H50O6/c1-9-24-19(2)17-39-31(24)30(41-23(6)37)21(4)29-27(40-22(5)36)16-33(8)28-11-10-25-20(3)26(38)12-13-34(25)18-35(28,34)15-14-32(29,33)7/h12-13,19-21,25,27-30H,9-11,14-18H2,1-8H3/t19?,20-,21-,25-,27-,28-,29-,30+,32+,33-,34+,35-/m0/s1. The van der Waals surface area contributed by atoms with Gasteiger partial charge in [-0.25, -0.2) is 0 Å². The summed E-state index contributed by atoms with van der Waals surface area (Å²) in [6, 6.07) is 0. The van der Waals surface area contributed by atoms with E-state index in [0.717, 1.165) is 44.3 Å². The molecular formula is C35H50O6. The molecule has 6 rings (SSSR count). The van der Waals surface area contributed by atoms with Gasteiger partial charge in [0.15, 0.2) is 11.9 Å². The Morgan fingerprint density at radius 2 is 1.83 bits per heavy atom. The summed E-state index contributed by atoms with van der Waals surface area (Å²) in [7, 11) is 0. The molecule has 5 aliphatic carbocycles. The van der Waals surface area contributed by atoms with Gasteiger partial charge in [0.1, 0.15) is 11.9 Å². The molecule has 1 unspecified atom stereocenters. The molecule has 0 amide bonds. The quantitative estimate of drug-likeness (QED) is 0.328. The fraction of sp³-hybridized carbons (Fsp3) is 0.800. The number of esters is 2. The van der Waals surface area contributed by atoms with Crippen molar-refractivity contribution in [3.63, 3.8) is 0 Å². The maximum atomic E-state index is 12.7. The van der Waals surface area contributed by atoms with Crippen LogP contribution >= 0.6 is 0 Å². The van der Waals surface area contributed by atoms with E-state index in [1.807, 2.05) is 6.08 Å². The fourth-order valence-electron chi connectivity index (χ4n) is 11.9. The lowest BCUT2D eigenvalue weighted by Crippen LogP contribution is -2.55. The van der Waals surface area contributed by atoms with Crippen molar-refractivity contribution in [2.45, 2.75) is 113 Å². The summed E-state index contributed by atoms with van der Waals surface area (Å²) < 4.78 is 18.6. The topological polar surface area (TPSA) is 78.9 Å². The van der Waals surface area contributed by atoms with E-state index in [-0.39, 0.29) is 57.5 Å². The van der Waals surface area contributed by atoms with Gasteiger partial charge < -0.3 is 14.2 Å². The summed E-state index contributed by atoms with van der Waals surface area (Å²) in [5.74, 6) is 1.85. The summed E-state index contributed by atoms with van der Waals surface area (Å²) in [6.07, 6.45) is 10.7. The van der Waals surface area contributed by atoms with Crippen LogP contribution in [0.5, 0.6) is 0 Å². The van der Waals surface area contributed by atoms with Crippen LogP contribution in [-0.4, -0.2) is 36.5 Å². The second-order valence-electron chi connectivity index (χ2n) is 15.2. The lowest BCUT2D eigenvalue weighted by atomic mass is 9.43. The van der Waals surface area contributed by atoms with Gasteiger partial charge in [-0.1, -0.05) is 47.6 Å². The molecule has 226 valence electrons. The van der Waals surface area contributed by atoms with Crippen LogP contribution in [0.25, 0.3) is 0 Å². The Labute approximate surface area is 246 Å². The monoisotopic (exact) mass is 566 g/mol. The first-order chi connectivity index (χ1) is 19.3. The zero-order valence-corrected chi connectivity index (χ0v) is 26.4. The molecule has 6 aliphatic rings. The van der Waals surface area contributed by atoms with Crippen molar-refractivity contribution in [1.82, 2.24) is 0 Å². The summed E-state index contributed by atoms with van der Waals surface area (Å²) >= 11 is 0. The SMILES string of the molecule is CCC1=C([C@H](OC(C)=O)[C@@H](C)[C@H]2[C@@H](OC(C)=O)C[C@@]3(C)[C@@H]4CC[C@H]5[C@H](C)C(=O)C=C[C@@]56C[C@@]46CC[C@]23C)OCC1C. The molecule has 0 aromatic carbocycles. The van der Waals surface area contributed by atoms with Gasteiger partial charge in [0, 0.05) is 37.5 Å². The Kier molecular flexibility index (Phi) is 6.68. The average molecular weight is 567 g/mol. The Hall–Kier alpha value is -2.11. The average Bonchev–Trinajstić information content (AvgIpc) is 3.33. The van der Waals surface area contributed by atoms with Gasteiger partial charge in [0.2, 0.25) is 0 Å². The number of ether oxygens (including phenoxy) is 3. The van der Waals surface area contributed by atoms with Crippen molar-refractivity contribution < 1.29 is 28.6 Å². The minimum absolute atomic E-state index is 0.0260. The van der Waals surface area contributed by atoms with Gasteiger partial charge in [-0.2, -0.15) is 0 Å². The second-order valence-corrected chi connectivity index (χ2v) is 15.2. The Balaban J connectivity index is 1.41. The molecule has 1 heterocycles. The molecule has 2 spiro atoms. The smallest absolute Gasteiger partial charge is 0.303 e. The number of fused-ring (bicyclic) bond motifs is 2. The number of hydrogen-bond donors (Lipinski definition) is 0. The molecule has 0 saturated heterocycles. The van der Waals surface area contributed by atoms with Crippen LogP contribution in [0.2, 0.25) is 0 Å². The zero-order chi connectivity index (χ0) is 29.7. The lowest BCUT2D eigenvalue weighted by molar-refractivity contribution is -0.162. The van der Waals surface area contributed by atoms with E-state index in [1.54, 1.807) is 0 Å². The Morgan fingerprint density at radius 3 is 2.49 bits per heavy atom. The van der Waals surface area contributed by atoms with E-state index in [0.29, 0.717) is 30.1 Å². The molecule has 0 radical (unpaired) electrons. The van der Waals surface area contributed by atoms with E-state index in [4.69, 9.17) is 14.2 Å². The highest BCUT2D eigenvalue weighted by Crippen LogP contribution is 2.87. The van der Waals surface area contributed by atoms with Crippen LogP contribution in [0.15, 0.2) is 23.5 Å². The maximum absolute atomic E-state index is 12.7. The first-order valence-electron chi connectivity index (χ1n) is 16.2. The molecule has 0 aromatic heterocycles. The van der Waals surface area contributed by atoms with Crippen LogP contribution in [0.3, 0.4) is 0 Å². The molecule has 1 aliphatic heterocycles. The van der Waals surface area contributed by atoms with Gasteiger partial charge in [-0.15, -0.1) is 0 Å². The van der Waals surface area contributed by atoms with Crippen molar-refractivity contribution in [1.29, 1.82) is 0 Å². The third-order valence-electron chi connectivity index (χ3n) is 13.7. The molecule has 4 fully saturated rings. The van der Waals surface area contributed by atoms with Crippen LogP contribution < -0.4 is 0 Å². The van der Waals surface area contributed by atoms with Crippen LogP contribution in [-0.2, 0) is 28.6 Å². The Bertz CT molecular complexity index is 1220. The maximum Gasteiger partial charge on any atom is 0.303 e. The number of hydrogen-bond acceptors (Lipinski definition) is 6. The number of allylic oxidation sites excluding steroid dienone is 2. The molecule has 0 aromatic rings. The molecule has 12 atom stereocenters. The van der Waals surface area contributed by atoms with Crippen molar-refractivity contribution in [3.05, 3.63) is 23.5 Å². The highest BCUT2D eigenvalue weighted by molar-refractivity contribution is 5.93. The third kappa shape index (κ3) is 3.76. The number of carbonyl (C=O) groups excluding carboxylic acids is 3. The third-order valence-corrected chi connectivity index (χ3v) is 13.7. The number of rotatable bonds is 6. The van der Waals surface area contributed by atoms with Gasteiger partial charge in [-0.3, -0.25) is 14.4 Å². The molecular weight excluding hydrogens is 516 g/mol. The highest BCUT2D eigenvalue weighted by atomic mass is 16.6. The van der Waals surface area contributed by atoms with Gasteiger partial charge >= 0.3 is 11.9 Å². The number of carbonyl (C=O) groups is 3. The van der Waals surface area contributed by atoms with E-state index in [9.17, 15) is 14.4 Å². The van der Waals surface area contributed by atoms with Crippen molar-refractivity contribution in [2.75, 3.05) is 6.61 Å². The molecule has 41 heavy (non-hydrogen) atoms. The van der Waals surface area contributed by atoms with Gasteiger partial charge in [0.25, 0.3) is 0 Å². The predicted molar refractivity (Wildman–Crippen MR) is 155 cm³/mol. The molecule has 6 heteroatoms. The summed E-state index contributed by atoms with van der Waals surface area (Å²) in [6.45, 7) is 17.2. The first-order valence-corrected chi connectivity index (χ1v) is 16.2. The number of ketones is 1. The fourth-order valence-corrected chi connectivity index (χ4v) is 11.9. The summed E-state index contributed by atoms with van der Waals surface area (Å²) in [5.41, 5.74) is 1.46. The first kappa shape index (κ1) is 29.0. The van der Waals surface area contributed by atoms with Gasteiger partial charge in [-0.05, 0) is 90.1 Å². The van der Waals surface area contributed by atoms with Crippen molar-refractivity contribution >= 4 is 17.7 Å². The van der Waals surface area contributed by atoms with Crippen LogP contribution in [0.1, 0.15) is 100 Å². The minimum atomic E-state index is -0.498. The largest absolute Gasteiger partial charge is 0.493 e. The zero-order valence-electron chi connectivity index (χ0n) is 26.4. The predicted octanol–water partition coefficient (Wildman–Crippen LogP) is 6.82. The summed E-state index contributed by atoms with van der Waals surface area (Å²) in [5, 5.41) is 0. The van der Waals surface area contributed by atoms with E-state index in [2.05, 4.69) is 47.6 Å². The molecule has 4 saturated carbocycles. The van der Waals surface area contributed by atoms with Crippen molar-refractivity contribution in [2.24, 2.45) is 57.2 Å². The van der Waals surface area contributed by atoms with E-state index in [1.165, 1.54) is 25.8 Å². The lowest BCUT2D eigenvalue weighted by Gasteiger charge is -2.61. The molecule has 6 nitrogen and oxygen atoms in total. The van der Waals surface area contributed by atoms with Crippen molar-refractivity contribution in [3.8, 4) is 0 Å². The van der Waals surface area contributed by atoms with E-state index < -0.39 is 6.10 Å². The summed E-state index contributed by atoms with van der Waals surface area (Å²) in [4.78, 5) is 37.7. The van der Waals surface area contributed by atoms with E-state index >= 15 is 0 Å². The molecule has 0 bridgehead atoms. The van der Waals surface area contributed by atoms with Gasteiger partial charge in [0.05, 0.1) is 6.61 Å². The Morgan fingerprint density at radius 1 is 1.10 bits per heavy atom. The van der Waals surface area contributed by atoms with Crippen LogP contribution in [0.4, 0.5) is 0 Å². The van der Waals surface area contributed by atoms with Crippen LogP contribution in [0, 0.1) is 57.2 Å². The second kappa shape index (κ2) is 9.44.